The Bertz CT molecular complexity index is 379. The van der Waals surface area contributed by atoms with Crippen LogP contribution in [0.15, 0.2) is 12.1 Å². The van der Waals surface area contributed by atoms with Crippen molar-refractivity contribution in [1.82, 2.24) is 0 Å². The van der Waals surface area contributed by atoms with E-state index in [-0.39, 0.29) is 17.6 Å². The number of hydrogen-bond acceptors (Lipinski definition) is 2. The molecule has 88 valence electrons. The number of phenols is 1. The molecule has 1 aromatic rings. The molecule has 3 N–H and O–H groups in total. The standard InChI is InChI=1S/C13H19NO2/c1-7(2)10-5-9(13(14)16)6-11(8(3)4)12(10)15/h5-8,15H,1-4H3,(H2,14,16). The van der Waals surface area contributed by atoms with Crippen molar-refractivity contribution in [1.29, 1.82) is 0 Å². The Balaban J connectivity index is 3.45. The van der Waals surface area contributed by atoms with E-state index in [0.717, 1.165) is 11.1 Å². The van der Waals surface area contributed by atoms with Gasteiger partial charge in [0.15, 0.2) is 0 Å². The molecular weight excluding hydrogens is 202 g/mol. The van der Waals surface area contributed by atoms with Crippen molar-refractivity contribution in [3.63, 3.8) is 0 Å². The molecule has 0 heterocycles. The summed E-state index contributed by atoms with van der Waals surface area (Å²) in [7, 11) is 0. The quantitative estimate of drug-likeness (QED) is 0.824. The van der Waals surface area contributed by atoms with Crippen LogP contribution in [0.1, 0.15) is 61.0 Å². The van der Waals surface area contributed by atoms with Crippen LogP contribution >= 0.6 is 0 Å². The normalized spacial score (nSPS) is 11.1. The predicted molar refractivity (Wildman–Crippen MR) is 64.8 cm³/mol. The third-order valence-corrected chi connectivity index (χ3v) is 2.70. The van der Waals surface area contributed by atoms with Gasteiger partial charge in [-0.2, -0.15) is 0 Å². The highest BCUT2D eigenvalue weighted by atomic mass is 16.3. The Kier molecular flexibility index (Phi) is 3.58. The maximum absolute atomic E-state index is 11.2. The van der Waals surface area contributed by atoms with E-state index in [2.05, 4.69) is 0 Å². The number of amides is 1. The van der Waals surface area contributed by atoms with Crippen molar-refractivity contribution in [2.45, 2.75) is 39.5 Å². The molecule has 0 fully saturated rings. The van der Waals surface area contributed by atoms with Crippen LogP contribution in [0.5, 0.6) is 5.75 Å². The average molecular weight is 221 g/mol. The monoisotopic (exact) mass is 221 g/mol. The van der Waals surface area contributed by atoms with E-state index >= 15 is 0 Å². The Morgan fingerprint density at radius 2 is 1.50 bits per heavy atom. The zero-order valence-electron chi connectivity index (χ0n) is 10.2. The Labute approximate surface area is 96.3 Å². The highest BCUT2D eigenvalue weighted by molar-refractivity contribution is 5.93. The van der Waals surface area contributed by atoms with Gasteiger partial charge in [0.1, 0.15) is 5.75 Å². The van der Waals surface area contributed by atoms with Gasteiger partial charge in [-0.1, -0.05) is 27.7 Å². The molecule has 0 aromatic heterocycles. The molecule has 16 heavy (non-hydrogen) atoms. The molecule has 3 heteroatoms. The van der Waals surface area contributed by atoms with Crippen LogP contribution in [0, 0.1) is 0 Å². The summed E-state index contributed by atoms with van der Waals surface area (Å²) in [6.07, 6.45) is 0. The van der Waals surface area contributed by atoms with Crippen molar-refractivity contribution >= 4 is 5.91 Å². The average Bonchev–Trinajstić information content (AvgIpc) is 2.16. The van der Waals surface area contributed by atoms with Crippen LogP contribution in [-0.4, -0.2) is 11.0 Å². The summed E-state index contributed by atoms with van der Waals surface area (Å²) in [6, 6.07) is 3.35. The molecule has 0 atom stereocenters. The predicted octanol–water partition coefficient (Wildman–Crippen LogP) is 2.74. The molecule has 1 amide bonds. The van der Waals surface area contributed by atoms with Gasteiger partial charge < -0.3 is 10.8 Å². The van der Waals surface area contributed by atoms with Gasteiger partial charge in [0.25, 0.3) is 0 Å². The van der Waals surface area contributed by atoms with Crippen molar-refractivity contribution in [2.24, 2.45) is 5.73 Å². The molecule has 0 spiro atoms. The maximum Gasteiger partial charge on any atom is 0.248 e. The Morgan fingerprint density at radius 1 is 1.12 bits per heavy atom. The Hall–Kier alpha value is -1.51. The number of carbonyl (C=O) groups is 1. The fourth-order valence-electron chi connectivity index (χ4n) is 1.70. The van der Waals surface area contributed by atoms with E-state index < -0.39 is 5.91 Å². The molecule has 0 aliphatic heterocycles. The molecule has 0 aliphatic rings. The van der Waals surface area contributed by atoms with Gasteiger partial charge in [-0.15, -0.1) is 0 Å². The van der Waals surface area contributed by atoms with Crippen LogP contribution in [-0.2, 0) is 0 Å². The van der Waals surface area contributed by atoms with E-state index in [9.17, 15) is 9.90 Å². The van der Waals surface area contributed by atoms with Crippen LogP contribution in [0.3, 0.4) is 0 Å². The third kappa shape index (κ3) is 2.35. The van der Waals surface area contributed by atoms with Gasteiger partial charge in [0, 0.05) is 5.56 Å². The topological polar surface area (TPSA) is 63.3 Å². The minimum atomic E-state index is -0.455. The van der Waals surface area contributed by atoms with Gasteiger partial charge in [-0.3, -0.25) is 4.79 Å². The molecule has 0 saturated heterocycles. The lowest BCUT2D eigenvalue weighted by atomic mass is 9.91. The first-order valence-electron chi connectivity index (χ1n) is 5.51. The SMILES string of the molecule is CC(C)c1cc(C(N)=O)cc(C(C)C)c1O. The second-order valence-corrected chi connectivity index (χ2v) is 4.68. The van der Waals surface area contributed by atoms with Crippen molar-refractivity contribution in [2.75, 3.05) is 0 Å². The number of phenolic OH excluding ortho intramolecular Hbond substituents is 1. The molecular formula is C13H19NO2. The summed E-state index contributed by atoms with van der Waals surface area (Å²) in [4.78, 5) is 11.2. The second-order valence-electron chi connectivity index (χ2n) is 4.68. The zero-order valence-corrected chi connectivity index (χ0v) is 10.2. The van der Waals surface area contributed by atoms with Gasteiger partial charge >= 0.3 is 0 Å². The van der Waals surface area contributed by atoms with E-state index in [4.69, 9.17) is 5.73 Å². The van der Waals surface area contributed by atoms with Gasteiger partial charge in [-0.25, -0.2) is 0 Å². The van der Waals surface area contributed by atoms with E-state index in [1.54, 1.807) is 12.1 Å². The zero-order chi connectivity index (χ0) is 12.5. The second kappa shape index (κ2) is 4.56. The Morgan fingerprint density at radius 3 is 1.75 bits per heavy atom. The van der Waals surface area contributed by atoms with Crippen LogP contribution in [0.25, 0.3) is 0 Å². The van der Waals surface area contributed by atoms with Crippen molar-refractivity contribution in [3.8, 4) is 5.75 Å². The maximum atomic E-state index is 11.2. The van der Waals surface area contributed by atoms with E-state index in [0.29, 0.717) is 5.56 Å². The summed E-state index contributed by atoms with van der Waals surface area (Å²) < 4.78 is 0. The highest BCUT2D eigenvalue weighted by Gasteiger charge is 2.16. The van der Waals surface area contributed by atoms with E-state index in [1.165, 1.54) is 0 Å². The molecule has 0 unspecified atom stereocenters. The minimum absolute atomic E-state index is 0.164. The fraction of sp³-hybridized carbons (Fsp3) is 0.462. The highest BCUT2D eigenvalue weighted by Crippen LogP contribution is 2.34. The molecule has 3 nitrogen and oxygen atoms in total. The third-order valence-electron chi connectivity index (χ3n) is 2.70. The summed E-state index contributed by atoms with van der Waals surface area (Å²) in [6.45, 7) is 7.90. The van der Waals surface area contributed by atoms with Gasteiger partial charge in [0.2, 0.25) is 5.91 Å². The number of carbonyl (C=O) groups excluding carboxylic acids is 1. The number of nitrogens with two attached hydrogens (primary N) is 1. The molecule has 1 aromatic carbocycles. The van der Waals surface area contributed by atoms with E-state index in [1.807, 2.05) is 27.7 Å². The number of aromatic hydroxyl groups is 1. The molecule has 0 radical (unpaired) electrons. The van der Waals surface area contributed by atoms with Crippen LogP contribution < -0.4 is 5.73 Å². The summed E-state index contributed by atoms with van der Waals surface area (Å²) in [5, 5.41) is 10.1. The first-order valence-corrected chi connectivity index (χ1v) is 5.51. The first-order chi connectivity index (χ1) is 7.34. The fourth-order valence-corrected chi connectivity index (χ4v) is 1.70. The first kappa shape index (κ1) is 12.6. The number of benzene rings is 1. The number of rotatable bonds is 3. The molecule has 1 rings (SSSR count). The molecule has 0 bridgehead atoms. The smallest absolute Gasteiger partial charge is 0.248 e. The number of primary amides is 1. The van der Waals surface area contributed by atoms with Crippen molar-refractivity contribution < 1.29 is 9.90 Å². The van der Waals surface area contributed by atoms with Crippen LogP contribution in [0.2, 0.25) is 0 Å². The largest absolute Gasteiger partial charge is 0.507 e. The summed E-state index contributed by atoms with van der Waals surface area (Å²) >= 11 is 0. The lowest BCUT2D eigenvalue weighted by Gasteiger charge is -2.16. The minimum Gasteiger partial charge on any atom is -0.507 e. The molecule has 0 aliphatic carbocycles. The molecule has 0 saturated carbocycles. The summed E-state index contributed by atoms with van der Waals surface area (Å²) in [5.74, 6) is 0.160. The summed E-state index contributed by atoms with van der Waals surface area (Å²) in [5.41, 5.74) is 7.30. The van der Waals surface area contributed by atoms with Crippen molar-refractivity contribution in [3.05, 3.63) is 28.8 Å². The lowest BCUT2D eigenvalue weighted by Crippen LogP contribution is -2.12. The van der Waals surface area contributed by atoms with Crippen LogP contribution in [0.4, 0.5) is 0 Å². The lowest BCUT2D eigenvalue weighted by molar-refractivity contribution is 0.1000. The number of hydrogen-bond donors (Lipinski definition) is 2. The van der Waals surface area contributed by atoms with Gasteiger partial charge in [0.05, 0.1) is 0 Å². The van der Waals surface area contributed by atoms with Gasteiger partial charge in [-0.05, 0) is 35.1 Å².